The number of nitrogens with one attached hydrogen (secondary N) is 1. The standard InChI is InChI=1S/C24H19F3N4OS/c1-2-6-15-11-22(31-20-10-4-3-9-19(20)30-23(31)18(15)13-28)33-14-21(32)29-17-8-5-7-16(12-17)24(25,26)27/h3-5,7-12H,2,6,14H2,1H3,(H,29,32). The molecule has 0 unspecified atom stereocenters. The van der Waals surface area contributed by atoms with E-state index in [1.807, 2.05) is 41.7 Å². The van der Waals surface area contributed by atoms with Crippen molar-refractivity contribution in [3.05, 3.63) is 71.3 Å². The van der Waals surface area contributed by atoms with Gasteiger partial charge in [-0.1, -0.05) is 43.3 Å². The number of carbonyl (C=O) groups excluding carboxylic acids is 1. The van der Waals surface area contributed by atoms with Crippen LogP contribution in [0.2, 0.25) is 0 Å². The van der Waals surface area contributed by atoms with E-state index in [4.69, 9.17) is 0 Å². The van der Waals surface area contributed by atoms with Gasteiger partial charge in [0.05, 0.1) is 32.9 Å². The molecule has 5 nitrogen and oxygen atoms in total. The molecule has 2 aromatic heterocycles. The van der Waals surface area contributed by atoms with Gasteiger partial charge in [0.1, 0.15) is 6.07 Å². The van der Waals surface area contributed by atoms with Crippen molar-refractivity contribution in [2.45, 2.75) is 31.0 Å². The summed E-state index contributed by atoms with van der Waals surface area (Å²) in [7, 11) is 0. The first-order valence-corrected chi connectivity index (χ1v) is 11.2. The van der Waals surface area contributed by atoms with Crippen molar-refractivity contribution in [2.75, 3.05) is 11.1 Å². The summed E-state index contributed by atoms with van der Waals surface area (Å²) in [6.45, 7) is 2.02. The monoisotopic (exact) mass is 468 g/mol. The summed E-state index contributed by atoms with van der Waals surface area (Å²) in [5, 5.41) is 13.0. The first-order chi connectivity index (χ1) is 15.8. The van der Waals surface area contributed by atoms with Crippen LogP contribution in [0.3, 0.4) is 0 Å². The molecule has 0 aliphatic heterocycles. The van der Waals surface area contributed by atoms with Crippen molar-refractivity contribution in [2.24, 2.45) is 0 Å². The molecule has 33 heavy (non-hydrogen) atoms. The number of imidazole rings is 1. The topological polar surface area (TPSA) is 70.2 Å². The van der Waals surface area contributed by atoms with E-state index in [1.165, 1.54) is 23.9 Å². The lowest BCUT2D eigenvalue weighted by molar-refractivity contribution is -0.137. The number of benzene rings is 2. The van der Waals surface area contributed by atoms with Gasteiger partial charge in [-0.3, -0.25) is 9.20 Å². The smallest absolute Gasteiger partial charge is 0.325 e. The average molecular weight is 469 g/mol. The SMILES string of the molecule is CCCc1cc(SCC(=O)Nc2cccc(C(F)(F)F)c2)n2c(nc3ccccc32)c1C#N. The van der Waals surface area contributed by atoms with E-state index in [2.05, 4.69) is 16.4 Å². The van der Waals surface area contributed by atoms with Crippen molar-refractivity contribution < 1.29 is 18.0 Å². The summed E-state index contributed by atoms with van der Waals surface area (Å²) in [6.07, 6.45) is -2.96. The Balaban J connectivity index is 1.65. The number of halogens is 3. The van der Waals surface area contributed by atoms with Crippen LogP contribution in [0.1, 0.15) is 30.0 Å². The van der Waals surface area contributed by atoms with Crippen molar-refractivity contribution in [3.63, 3.8) is 0 Å². The highest BCUT2D eigenvalue weighted by Crippen LogP contribution is 2.32. The Kier molecular flexibility index (Phi) is 6.29. The zero-order chi connectivity index (χ0) is 23.6. The minimum atomic E-state index is -4.48. The molecule has 0 atom stereocenters. The summed E-state index contributed by atoms with van der Waals surface area (Å²) in [6, 6.07) is 16.2. The lowest BCUT2D eigenvalue weighted by Gasteiger charge is -2.12. The number of aromatic nitrogens is 2. The van der Waals surface area contributed by atoms with Gasteiger partial charge >= 0.3 is 6.18 Å². The van der Waals surface area contributed by atoms with Crippen LogP contribution in [0, 0.1) is 11.3 Å². The van der Waals surface area contributed by atoms with E-state index in [-0.39, 0.29) is 11.4 Å². The Bertz CT molecular complexity index is 1390. The Morgan fingerprint density at radius 3 is 2.70 bits per heavy atom. The van der Waals surface area contributed by atoms with E-state index in [1.54, 1.807) is 0 Å². The zero-order valence-corrected chi connectivity index (χ0v) is 18.4. The van der Waals surface area contributed by atoms with Gasteiger partial charge in [0.15, 0.2) is 5.65 Å². The minimum Gasteiger partial charge on any atom is -0.325 e. The number of nitriles is 1. The fourth-order valence-corrected chi connectivity index (χ4v) is 4.54. The molecule has 0 bridgehead atoms. The van der Waals surface area contributed by atoms with Crippen molar-refractivity contribution >= 4 is 40.0 Å². The zero-order valence-electron chi connectivity index (χ0n) is 17.6. The third-order valence-corrected chi connectivity index (χ3v) is 6.08. The number of aryl methyl sites for hydroxylation is 1. The van der Waals surface area contributed by atoms with E-state index in [9.17, 15) is 23.2 Å². The number of amides is 1. The van der Waals surface area contributed by atoms with Gasteiger partial charge in [-0.25, -0.2) is 4.98 Å². The minimum absolute atomic E-state index is 0.0185. The molecule has 0 spiro atoms. The van der Waals surface area contributed by atoms with Crippen LogP contribution >= 0.6 is 11.8 Å². The number of hydrogen-bond acceptors (Lipinski definition) is 4. The van der Waals surface area contributed by atoms with Crippen LogP contribution in [-0.2, 0) is 17.4 Å². The molecule has 0 saturated carbocycles. The number of hydrogen-bond donors (Lipinski definition) is 1. The van der Waals surface area contributed by atoms with Crippen LogP contribution in [0.25, 0.3) is 16.7 Å². The molecule has 4 rings (SSSR count). The van der Waals surface area contributed by atoms with E-state index < -0.39 is 17.6 Å². The number of rotatable bonds is 6. The molecule has 2 aromatic carbocycles. The molecule has 1 amide bonds. The maximum atomic E-state index is 12.9. The largest absolute Gasteiger partial charge is 0.416 e. The second kappa shape index (κ2) is 9.16. The second-order valence-corrected chi connectivity index (χ2v) is 8.42. The fourth-order valence-electron chi connectivity index (χ4n) is 3.65. The highest BCUT2D eigenvalue weighted by atomic mass is 32.2. The number of fused-ring (bicyclic) bond motifs is 3. The molecule has 0 fully saturated rings. The molecule has 0 aliphatic carbocycles. The molecule has 0 saturated heterocycles. The van der Waals surface area contributed by atoms with Gasteiger partial charge in [-0.15, -0.1) is 0 Å². The lowest BCUT2D eigenvalue weighted by atomic mass is 10.1. The number of alkyl halides is 3. The van der Waals surface area contributed by atoms with Crippen molar-refractivity contribution in [1.29, 1.82) is 5.26 Å². The number of carbonyl (C=O) groups is 1. The first-order valence-electron chi connectivity index (χ1n) is 10.2. The summed E-state index contributed by atoms with van der Waals surface area (Å²) in [5.74, 6) is -0.451. The van der Waals surface area contributed by atoms with E-state index >= 15 is 0 Å². The number of para-hydroxylation sites is 2. The summed E-state index contributed by atoms with van der Waals surface area (Å²) in [5.41, 5.74) is 2.70. The quantitative estimate of drug-likeness (QED) is 0.349. The molecule has 0 radical (unpaired) electrons. The highest BCUT2D eigenvalue weighted by molar-refractivity contribution is 7.99. The van der Waals surface area contributed by atoms with E-state index in [0.29, 0.717) is 17.6 Å². The van der Waals surface area contributed by atoms with Crippen LogP contribution in [0.4, 0.5) is 18.9 Å². The third-order valence-electron chi connectivity index (χ3n) is 5.08. The summed E-state index contributed by atoms with van der Waals surface area (Å²) < 4.78 is 40.7. The normalized spacial score (nSPS) is 11.6. The fraction of sp³-hybridized carbons (Fsp3) is 0.208. The number of anilines is 1. The molecule has 9 heteroatoms. The van der Waals surface area contributed by atoms with Crippen molar-refractivity contribution in [3.8, 4) is 6.07 Å². The molecule has 4 aromatic rings. The number of thioether (sulfide) groups is 1. The highest BCUT2D eigenvalue weighted by Gasteiger charge is 2.30. The Hall–Kier alpha value is -3.51. The van der Waals surface area contributed by atoms with Gasteiger partial charge in [0.25, 0.3) is 0 Å². The molecule has 168 valence electrons. The van der Waals surface area contributed by atoms with E-state index in [0.717, 1.165) is 40.2 Å². The van der Waals surface area contributed by atoms with Gasteiger partial charge in [-0.2, -0.15) is 18.4 Å². The molecular weight excluding hydrogens is 449 g/mol. The van der Waals surface area contributed by atoms with Crippen LogP contribution in [-0.4, -0.2) is 21.0 Å². The third kappa shape index (κ3) is 4.66. The maximum absolute atomic E-state index is 12.9. The van der Waals surface area contributed by atoms with Crippen LogP contribution in [0.15, 0.2) is 59.6 Å². The average Bonchev–Trinajstić information content (AvgIpc) is 3.17. The van der Waals surface area contributed by atoms with Crippen molar-refractivity contribution in [1.82, 2.24) is 9.38 Å². The Morgan fingerprint density at radius 1 is 1.18 bits per heavy atom. The lowest BCUT2D eigenvalue weighted by Crippen LogP contribution is -2.15. The predicted octanol–water partition coefficient (Wildman–Crippen LogP) is 6.06. The Labute approximate surface area is 192 Å². The maximum Gasteiger partial charge on any atom is 0.416 e. The summed E-state index contributed by atoms with van der Waals surface area (Å²) in [4.78, 5) is 17.2. The predicted molar refractivity (Wildman–Crippen MR) is 122 cm³/mol. The molecule has 2 heterocycles. The van der Waals surface area contributed by atoms with Gasteiger partial charge < -0.3 is 5.32 Å². The molecule has 0 aliphatic rings. The molecular formula is C24H19F3N4OS. The first kappa shape index (κ1) is 22.7. The molecule has 1 N–H and O–H groups in total. The Morgan fingerprint density at radius 2 is 1.97 bits per heavy atom. The number of pyridine rings is 1. The number of nitrogens with zero attached hydrogens (tertiary/aromatic N) is 3. The second-order valence-electron chi connectivity index (χ2n) is 7.42. The van der Waals surface area contributed by atoms with Crippen LogP contribution < -0.4 is 5.32 Å². The summed E-state index contributed by atoms with van der Waals surface area (Å²) >= 11 is 1.24. The van der Waals surface area contributed by atoms with Gasteiger partial charge in [0, 0.05) is 5.69 Å². The van der Waals surface area contributed by atoms with Crippen LogP contribution in [0.5, 0.6) is 0 Å². The van der Waals surface area contributed by atoms with Gasteiger partial charge in [-0.05, 0) is 48.4 Å². The van der Waals surface area contributed by atoms with Gasteiger partial charge in [0.2, 0.25) is 5.91 Å².